The Morgan fingerprint density at radius 3 is 3.00 bits per heavy atom. The molecule has 0 radical (unpaired) electrons. The third-order valence-electron chi connectivity index (χ3n) is 3.14. The molecule has 1 saturated heterocycles. The minimum absolute atomic E-state index is 0.150. The summed E-state index contributed by atoms with van der Waals surface area (Å²) >= 11 is 0. The van der Waals surface area contributed by atoms with Gasteiger partial charge in [-0.1, -0.05) is 12.1 Å². The molecule has 0 bridgehead atoms. The van der Waals surface area contributed by atoms with Crippen molar-refractivity contribution in [1.29, 1.82) is 0 Å². The van der Waals surface area contributed by atoms with Gasteiger partial charge in [0.15, 0.2) is 0 Å². The molecular formula is C15H17NO4. The molecule has 20 heavy (non-hydrogen) atoms. The number of rotatable bonds is 5. The van der Waals surface area contributed by atoms with Gasteiger partial charge in [0.1, 0.15) is 0 Å². The third-order valence-corrected chi connectivity index (χ3v) is 3.14. The number of carbonyl (C=O) groups excluding carboxylic acids is 1. The van der Waals surface area contributed by atoms with Gasteiger partial charge in [-0.25, -0.2) is 4.79 Å². The van der Waals surface area contributed by atoms with E-state index in [0.717, 1.165) is 19.1 Å². The van der Waals surface area contributed by atoms with Gasteiger partial charge in [-0.3, -0.25) is 4.79 Å². The number of benzene rings is 1. The van der Waals surface area contributed by atoms with E-state index in [1.54, 1.807) is 24.3 Å². The first-order valence-electron chi connectivity index (χ1n) is 6.52. The van der Waals surface area contributed by atoms with Crippen molar-refractivity contribution in [3.05, 3.63) is 41.5 Å². The standard InChI is InChI=1S/C15H17NO4/c17-14(18)5-4-11-2-1-3-13(8-11)15(19)16-9-12-6-7-20-10-12/h1-5,8,12H,6-7,9-10H2,(H,16,19)(H,17,18). The fraction of sp³-hybridized carbons (Fsp3) is 0.333. The third kappa shape index (κ3) is 4.20. The van der Waals surface area contributed by atoms with E-state index in [2.05, 4.69) is 5.32 Å². The van der Waals surface area contributed by atoms with Crippen molar-refractivity contribution in [1.82, 2.24) is 5.32 Å². The summed E-state index contributed by atoms with van der Waals surface area (Å²) < 4.78 is 5.25. The molecule has 0 saturated carbocycles. The predicted molar refractivity (Wildman–Crippen MR) is 74.4 cm³/mol. The number of carboxylic acid groups (broad SMARTS) is 1. The minimum atomic E-state index is -1.01. The Kier molecular flexibility index (Phi) is 4.90. The zero-order valence-electron chi connectivity index (χ0n) is 11.0. The van der Waals surface area contributed by atoms with Crippen molar-refractivity contribution < 1.29 is 19.4 Å². The van der Waals surface area contributed by atoms with Crippen LogP contribution in [0.1, 0.15) is 22.3 Å². The van der Waals surface area contributed by atoms with Crippen LogP contribution in [-0.2, 0) is 9.53 Å². The zero-order valence-corrected chi connectivity index (χ0v) is 11.0. The summed E-state index contributed by atoms with van der Waals surface area (Å²) in [5.74, 6) is -0.780. The van der Waals surface area contributed by atoms with Crippen LogP contribution in [0.4, 0.5) is 0 Å². The van der Waals surface area contributed by atoms with E-state index < -0.39 is 5.97 Å². The van der Waals surface area contributed by atoms with E-state index in [1.165, 1.54) is 6.08 Å². The fourth-order valence-corrected chi connectivity index (χ4v) is 2.03. The van der Waals surface area contributed by atoms with Crippen LogP contribution in [-0.4, -0.2) is 36.7 Å². The molecule has 1 heterocycles. The lowest BCUT2D eigenvalue weighted by atomic mass is 10.1. The van der Waals surface area contributed by atoms with Crippen molar-refractivity contribution in [2.75, 3.05) is 19.8 Å². The second-order valence-corrected chi connectivity index (χ2v) is 4.74. The number of hydrogen-bond acceptors (Lipinski definition) is 3. The number of hydrogen-bond donors (Lipinski definition) is 2. The van der Waals surface area contributed by atoms with Gasteiger partial charge in [0.25, 0.3) is 5.91 Å². The number of carbonyl (C=O) groups is 2. The molecule has 1 fully saturated rings. The maximum absolute atomic E-state index is 12.0. The molecule has 1 amide bonds. The lowest BCUT2D eigenvalue weighted by Crippen LogP contribution is -2.29. The summed E-state index contributed by atoms with van der Waals surface area (Å²) in [4.78, 5) is 22.5. The number of aliphatic carboxylic acids is 1. The van der Waals surface area contributed by atoms with Crippen molar-refractivity contribution >= 4 is 18.0 Å². The van der Waals surface area contributed by atoms with Crippen molar-refractivity contribution in [3.8, 4) is 0 Å². The molecule has 1 atom stereocenters. The normalized spacial score (nSPS) is 18.3. The van der Waals surface area contributed by atoms with E-state index in [-0.39, 0.29) is 5.91 Å². The zero-order chi connectivity index (χ0) is 14.4. The Morgan fingerprint density at radius 2 is 2.30 bits per heavy atom. The number of ether oxygens (including phenoxy) is 1. The van der Waals surface area contributed by atoms with Crippen LogP contribution in [0.25, 0.3) is 6.08 Å². The molecule has 2 N–H and O–H groups in total. The maximum atomic E-state index is 12.0. The van der Waals surface area contributed by atoms with Gasteiger partial charge in [0.2, 0.25) is 0 Å². The fourth-order valence-electron chi connectivity index (χ4n) is 2.03. The van der Waals surface area contributed by atoms with Gasteiger partial charge in [0, 0.05) is 30.7 Å². The van der Waals surface area contributed by atoms with Crippen LogP contribution in [0.2, 0.25) is 0 Å². The van der Waals surface area contributed by atoms with Crippen molar-refractivity contribution in [3.63, 3.8) is 0 Å². The quantitative estimate of drug-likeness (QED) is 0.799. The van der Waals surface area contributed by atoms with Crippen molar-refractivity contribution in [2.45, 2.75) is 6.42 Å². The Morgan fingerprint density at radius 1 is 1.45 bits per heavy atom. The highest BCUT2D eigenvalue weighted by molar-refractivity contribution is 5.95. The molecule has 1 aromatic carbocycles. The molecule has 1 aromatic rings. The first-order chi connectivity index (χ1) is 9.65. The lowest BCUT2D eigenvalue weighted by molar-refractivity contribution is -0.131. The average Bonchev–Trinajstić information content (AvgIpc) is 2.96. The van der Waals surface area contributed by atoms with Crippen LogP contribution in [0.15, 0.2) is 30.3 Å². The Balaban J connectivity index is 1.95. The molecule has 1 aliphatic heterocycles. The van der Waals surface area contributed by atoms with E-state index in [1.807, 2.05) is 0 Å². The second kappa shape index (κ2) is 6.86. The van der Waals surface area contributed by atoms with Gasteiger partial charge in [-0.05, 0) is 30.2 Å². The number of nitrogens with one attached hydrogen (secondary N) is 1. The molecule has 106 valence electrons. The summed E-state index contributed by atoms with van der Waals surface area (Å²) in [6.07, 6.45) is 3.48. The van der Waals surface area contributed by atoms with Gasteiger partial charge in [-0.15, -0.1) is 0 Å². The molecule has 2 rings (SSSR count). The van der Waals surface area contributed by atoms with E-state index in [4.69, 9.17) is 9.84 Å². The average molecular weight is 275 g/mol. The molecule has 0 aliphatic carbocycles. The van der Waals surface area contributed by atoms with Gasteiger partial charge < -0.3 is 15.2 Å². The van der Waals surface area contributed by atoms with Crippen LogP contribution < -0.4 is 5.32 Å². The summed E-state index contributed by atoms with van der Waals surface area (Å²) in [5.41, 5.74) is 1.21. The molecular weight excluding hydrogens is 258 g/mol. The molecule has 0 spiro atoms. The lowest BCUT2D eigenvalue weighted by Gasteiger charge is -2.09. The monoisotopic (exact) mass is 275 g/mol. The van der Waals surface area contributed by atoms with Crippen LogP contribution >= 0.6 is 0 Å². The van der Waals surface area contributed by atoms with Gasteiger partial charge in [-0.2, -0.15) is 0 Å². The smallest absolute Gasteiger partial charge is 0.328 e. The highest BCUT2D eigenvalue weighted by Gasteiger charge is 2.16. The topological polar surface area (TPSA) is 75.6 Å². The molecule has 5 nitrogen and oxygen atoms in total. The Hall–Kier alpha value is -2.14. The van der Waals surface area contributed by atoms with E-state index in [0.29, 0.717) is 30.2 Å². The number of amides is 1. The minimum Gasteiger partial charge on any atom is -0.478 e. The van der Waals surface area contributed by atoms with Crippen LogP contribution in [0, 0.1) is 5.92 Å². The first kappa shape index (κ1) is 14.3. The summed E-state index contributed by atoms with van der Waals surface area (Å²) in [5, 5.41) is 11.5. The molecule has 5 heteroatoms. The van der Waals surface area contributed by atoms with Gasteiger partial charge >= 0.3 is 5.97 Å². The Bertz CT molecular complexity index is 518. The second-order valence-electron chi connectivity index (χ2n) is 4.74. The van der Waals surface area contributed by atoms with Crippen molar-refractivity contribution in [2.24, 2.45) is 5.92 Å². The van der Waals surface area contributed by atoms with E-state index >= 15 is 0 Å². The molecule has 0 aromatic heterocycles. The molecule has 1 aliphatic rings. The summed E-state index contributed by atoms with van der Waals surface area (Å²) in [6.45, 7) is 2.06. The van der Waals surface area contributed by atoms with Crippen LogP contribution in [0.5, 0.6) is 0 Å². The first-order valence-corrected chi connectivity index (χ1v) is 6.52. The highest BCUT2D eigenvalue weighted by atomic mass is 16.5. The van der Waals surface area contributed by atoms with Gasteiger partial charge in [0.05, 0.1) is 6.61 Å². The van der Waals surface area contributed by atoms with E-state index in [9.17, 15) is 9.59 Å². The summed E-state index contributed by atoms with van der Waals surface area (Å²) in [6, 6.07) is 6.86. The number of carboxylic acids is 1. The summed E-state index contributed by atoms with van der Waals surface area (Å²) in [7, 11) is 0. The predicted octanol–water partition coefficient (Wildman–Crippen LogP) is 1.55. The SMILES string of the molecule is O=C(O)C=Cc1cccc(C(=O)NCC2CCOC2)c1. The largest absolute Gasteiger partial charge is 0.478 e. The Labute approximate surface area is 117 Å². The maximum Gasteiger partial charge on any atom is 0.328 e. The molecule has 1 unspecified atom stereocenters. The highest BCUT2D eigenvalue weighted by Crippen LogP contribution is 2.11. The van der Waals surface area contributed by atoms with Crippen LogP contribution in [0.3, 0.4) is 0 Å².